The molecule has 0 aromatic heterocycles. The zero-order chi connectivity index (χ0) is 24.2. The van der Waals surface area contributed by atoms with Crippen molar-refractivity contribution in [1.29, 1.82) is 0 Å². The van der Waals surface area contributed by atoms with Crippen LogP contribution >= 0.6 is 39.3 Å². The van der Waals surface area contributed by atoms with Crippen LogP contribution in [0.2, 0.25) is 5.02 Å². The van der Waals surface area contributed by atoms with Gasteiger partial charge < -0.3 is 9.47 Å². The van der Waals surface area contributed by atoms with E-state index in [0.29, 0.717) is 26.6 Å². The van der Waals surface area contributed by atoms with Crippen molar-refractivity contribution in [1.82, 2.24) is 4.90 Å². The highest BCUT2D eigenvalue weighted by Gasteiger charge is 2.35. The van der Waals surface area contributed by atoms with E-state index >= 15 is 0 Å². The second-order valence-corrected chi connectivity index (χ2v) is 9.53. The molecule has 4 rings (SSSR count). The molecular weight excluding hydrogens is 545 g/mol. The molecule has 0 atom stereocenters. The molecule has 0 unspecified atom stereocenters. The van der Waals surface area contributed by atoms with Crippen LogP contribution < -0.4 is 9.47 Å². The first kappa shape index (κ1) is 24.3. The molecule has 3 aromatic rings. The van der Waals surface area contributed by atoms with Crippen molar-refractivity contribution in [3.05, 3.63) is 97.6 Å². The first-order valence-corrected chi connectivity index (χ1v) is 12.1. The number of carbonyl (C=O) groups excluding carboxylic acids is 2. The van der Waals surface area contributed by atoms with Crippen molar-refractivity contribution in [2.75, 3.05) is 7.11 Å². The Morgan fingerprint density at radius 3 is 2.50 bits per heavy atom. The lowest BCUT2D eigenvalue weighted by Gasteiger charge is -2.14. The number of thioether (sulfide) groups is 1. The molecule has 5 nitrogen and oxygen atoms in total. The van der Waals surface area contributed by atoms with Crippen LogP contribution in [-0.4, -0.2) is 23.2 Å². The largest absolute Gasteiger partial charge is 0.493 e. The number of hydrogen-bond acceptors (Lipinski definition) is 5. The third kappa shape index (κ3) is 5.29. The maximum Gasteiger partial charge on any atom is 0.293 e. The summed E-state index contributed by atoms with van der Waals surface area (Å²) in [4.78, 5) is 26.5. The number of hydrogen-bond donors (Lipinski definition) is 0. The van der Waals surface area contributed by atoms with Gasteiger partial charge in [0.1, 0.15) is 12.4 Å². The van der Waals surface area contributed by atoms with Gasteiger partial charge in [-0.2, -0.15) is 0 Å². The van der Waals surface area contributed by atoms with Crippen LogP contribution in [0.5, 0.6) is 11.5 Å². The topological polar surface area (TPSA) is 55.8 Å². The van der Waals surface area contributed by atoms with Crippen LogP contribution in [0.1, 0.15) is 16.7 Å². The molecule has 0 spiro atoms. The van der Waals surface area contributed by atoms with Gasteiger partial charge in [0.2, 0.25) is 0 Å². The average Bonchev–Trinajstić information content (AvgIpc) is 3.07. The van der Waals surface area contributed by atoms with Crippen molar-refractivity contribution in [2.24, 2.45) is 0 Å². The van der Waals surface area contributed by atoms with E-state index in [1.54, 1.807) is 42.5 Å². The Hall–Kier alpha value is -2.81. The fourth-order valence-corrected chi connectivity index (χ4v) is 4.92. The molecule has 1 aliphatic heterocycles. The Kier molecular flexibility index (Phi) is 7.60. The van der Waals surface area contributed by atoms with Crippen LogP contribution in [0.3, 0.4) is 0 Å². The maximum atomic E-state index is 14.0. The van der Waals surface area contributed by atoms with Crippen LogP contribution in [0, 0.1) is 5.82 Å². The molecule has 3 aromatic carbocycles. The van der Waals surface area contributed by atoms with Crippen molar-refractivity contribution in [3.8, 4) is 11.5 Å². The van der Waals surface area contributed by atoms with Gasteiger partial charge in [-0.25, -0.2) is 4.39 Å². The quantitative estimate of drug-likeness (QED) is 0.288. The molecule has 1 fully saturated rings. The summed E-state index contributed by atoms with van der Waals surface area (Å²) in [6.45, 7) is 0.111. The van der Waals surface area contributed by atoms with Crippen LogP contribution in [0.15, 0.2) is 70.0 Å². The van der Waals surface area contributed by atoms with Gasteiger partial charge in [0.25, 0.3) is 11.1 Å². The summed E-state index contributed by atoms with van der Waals surface area (Å²) in [5.74, 6) is -0.0237. The zero-order valence-electron chi connectivity index (χ0n) is 17.9. The lowest BCUT2D eigenvalue weighted by Crippen LogP contribution is -2.27. The van der Waals surface area contributed by atoms with Gasteiger partial charge in [-0.05, 0) is 63.6 Å². The minimum Gasteiger partial charge on any atom is -0.493 e. The normalized spacial score (nSPS) is 14.7. The maximum absolute atomic E-state index is 14.0. The summed E-state index contributed by atoms with van der Waals surface area (Å²) in [6.07, 6.45) is 1.59. The highest BCUT2D eigenvalue weighted by Crippen LogP contribution is 2.40. The summed E-state index contributed by atoms with van der Waals surface area (Å²) < 4.78 is 26.0. The summed E-state index contributed by atoms with van der Waals surface area (Å²) in [5.41, 5.74) is 1.73. The third-order valence-corrected chi connectivity index (χ3v) is 6.90. The van der Waals surface area contributed by atoms with E-state index in [0.717, 1.165) is 22.2 Å². The monoisotopic (exact) mass is 561 g/mol. The second kappa shape index (κ2) is 10.6. The molecule has 0 aliphatic carbocycles. The van der Waals surface area contributed by atoms with Crippen LogP contribution in [-0.2, 0) is 17.9 Å². The Balaban J connectivity index is 1.55. The Morgan fingerprint density at radius 2 is 1.79 bits per heavy atom. The van der Waals surface area contributed by atoms with E-state index in [1.807, 2.05) is 18.2 Å². The molecule has 1 saturated heterocycles. The highest BCUT2D eigenvalue weighted by molar-refractivity contribution is 9.10. The van der Waals surface area contributed by atoms with Crippen molar-refractivity contribution in [3.63, 3.8) is 0 Å². The summed E-state index contributed by atoms with van der Waals surface area (Å²) in [6, 6.07) is 16.9. The summed E-state index contributed by atoms with van der Waals surface area (Å²) in [5, 5.41) is 0.144. The standard InChI is InChI=1S/C25H18BrClFNO4S/c1-32-21-11-15(10-18(26)23(21)33-14-17-7-2-4-8-19(17)27)12-22-24(30)29(25(31)34-22)13-16-6-3-5-9-20(16)28/h2-12H,13-14H2,1H3/b22-12+. The second-order valence-electron chi connectivity index (χ2n) is 7.27. The number of carbonyl (C=O) groups is 2. The van der Waals surface area contributed by atoms with Gasteiger partial charge in [-0.15, -0.1) is 0 Å². The molecule has 1 aliphatic rings. The van der Waals surface area contributed by atoms with E-state index in [9.17, 15) is 14.0 Å². The molecular formula is C25H18BrClFNO4S. The fourth-order valence-electron chi connectivity index (χ4n) is 3.31. The minimum absolute atomic E-state index is 0.128. The molecule has 9 heteroatoms. The SMILES string of the molecule is COc1cc(/C=C2/SC(=O)N(Cc3ccccc3F)C2=O)cc(Br)c1OCc1ccccc1Cl. The molecule has 2 amide bonds. The highest BCUT2D eigenvalue weighted by atomic mass is 79.9. The molecule has 174 valence electrons. The molecule has 0 bridgehead atoms. The van der Waals surface area contributed by atoms with Gasteiger partial charge in [0, 0.05) is 16.1 Å². The van der Waals surface area contributed by atoms with Crippen molar-refractivity contribution >= 4 is 56.5 Å². The number of imide groups is 1. The Bertz CT molecular complexity index is 1300. The Morgan fingerprint density at radius 1 is 1.09 bits per heavy atom. The molecule has 0 N–H and O–H groups in total. The van der Waals surface area contributed by atoms with Crippen LogP contribution in [0.25, 0.3) is 6.08 Å². The summed E-state index contributed by atoms with van der Waals surface area (Å²) >= 11 is 10.5. The van der Waals surface area contributed by atoms with Crippen molar-refractivity contribution in [2.45, 2.75) is 13.2 Å². The minimum atomic E-state index is -0.479. The predicted octanol–water partition coefficient (Wildman–Crippen LogP) is 7.07. The number of halogens is 3. The molecule has 34 heavy (non-hydrogen) atoms. The van der Waals surface area contributed by atoms with Gasteiger partial charge in [0.15, 0.2) is 11.5 Å². The Labute approximate surface area is 213 Å². The predicted molar refractivity (Wildman–Crippen MR) is 134 cm³/mol. The number of amides is 2. The first-order chi connectivity index (χ1) is 16.4. The smallest absolute Gasteiger partial charge is 0.293 e. The van der Waals surface area contributed by atoms with E-state index in [-0.39, 0.29) is 23.6 Å². The fraction of sp³-hybridized carbons (Fsp3) is 0.120. The molecule has 1 heterocycles. The van der Waals surface area contributed by atoms with E-state index in [1.165, 1.54) is 13.2 Å². The number of nitrogens with zero attached hydrogens (tertiary/aromatic N) is 1. The summed E-state index contributed by atoms with van der Waals surface area (Å²) in [7, 11) is 1.51. The van der Waals surface area contributed by atoms with E-state index in [2.05, 4.69) is 15.9 Å². The van der Waals surface area contributed by atoms with Gasteiger partial charge >= 0.3 is 0 Å². The van der Waals surface area contributed by atoms with Gasteiger partial charge in [-0.1, -0.05) is 48.0 Å². The van der Waals surface area contributed by atoms with Gasteiger partial charge in [-0.3, -0.25) is 14.5 Å². The number of methoxy groups -OCH3 is 1. The number of benzene rings is 3. The lowest BCUT2D eigenvalue weighted by atomic mass is 10.1. The van der Waals surface area contributed by atoms with E-state index < -0.39 is 17.0 Å². The first-order valence-electron chi connectivity index (χ1n) is 10.1. The zero-order valence-corrected chi connectivity index (χ0v) is 21.0. The van der Waals surface area contributed by atoms with Crippen LogP contribution in [0.4, 0.5) is 9.18 Å². The molecule has 0 radical (unpaired) electrons. The molecule has 0 saturated carbocycles. The lowest BCUT2D eigenvalue weighted by molar-refractivity contribution is -0.123. The average molecular weight is 563 g/mol. The van der Waals surface area contributed by atoms with Crippen molar-refractivity contribution < 1.29 is 23.5 Å². The van der Waals surface area contributed by atoms with E-state index in [4.69, 9.17) is 21.1 Å². The number of ether oxygens (including phenoxy) is 2. The number of rotatable bonds is 7. The van der Waals surface area contributed by atoms with Gasteiger partial charge in [0.05, 0.1) is 23.0 Å². The third-order valence-electron chi connectivity index (χ3n) is 5.04.